The van der Waals surface area contributed by atoms with Gasteiger partial charge in [-0.05, 0) is 18.2 Å². The summed E-state index contributed by atoms with van der Waals surface area (Å²) in [5, 5.41) is 0. The SMILES string of the molecule is CC(C)c1nc2cc(N)ccc2n1Cc1cncs1. The third-order valence-corrected chi connectivity index (χ3v) is 3.88. The lowest BCUT2D eigenvalue weighted by Crippen LogP contribution is -2.05. The Morgan fingerprint density at radius 2 is 2.21 bits per heavy atom. The predicted octanol–water partition coefficient (Wildman–Crippen LogP) is 3.25. The van der Waals surface area contributed by atoms with Gasteiger partial charge >= 0.3 is 0 Å². The van der Waals surface area contributed by atoms with Crippen molar-refractivity contribution in [3.63, 3.8) is 0 Å². The largest absolute Gasteiger partial charge is 0.399 e. The van der Waals surface area contributed by atoms with Crippen molar-refractivity contribution in [2.75, 3.05) is 5.73 Å². The Labute approximate surface area is 115 Å². The smallest absolute Gasteiger partial charge is 0.112 e. The number of fused-ring (bicyclic) bond motifs is 1. The van der Waals surface area contributed by atoms with Crippen LogP contribution in [0.15, 0.2) is 29.9 Å². The highest BCUT2D eigenvalue weighted by molar-refractivity contribution is 7.09. The number of aromatic nitrogens is 3. The maximum atomic E-state index is 5.84. The topological polar surface area (TPSA) is 56.7 Å². The van der Waals surface area contributed by atoms with Crippen LogP contribution in [-0.2, 0) is 6.54 Å². The first-order valence-corrected chi connectivity index (χ1v) is 7.16. The summed E-state index contributed by atoms with van der Waals surface area (Å²) in [7, 11) is 0. The lowest BCUT2D eigenvalue weighted by Gasteiger charge is -2.10. The van der Waals surface area contributed by atoms with Gasteiger partial charge in [0.1, 0.15) is 5.82 Å². The maximum absolute atomic E-state index is 5.84. The predicted molar refractivity (Wildman–Crippen MR) is 79.5 cm³/mol. The second kappa shape index (κ2) is 4.66. The summed E-state index contributed by atoms with van der Waals surface area (Å²) in [5.74, 6) is 1.47. The normalized spacial score (nSPS) is 11.5. The van der Waals surface area contributed by atoms with Crippen LogP contribution in [0.3, 0.4) is 0 Å². The zero-order chi connectivity index (χ0) is 13.4. The molecule has 0 aliphatic carbocycles. The molecule has 0 saturated carbocycles. The van der Waals surface area contributed by atoms with E-state index in [1.54, 1.807) is 11.3 Å². The fraction of sp³-hybridized carbons (Fsp3) is 0.286. The number of rotatable bonds is 3. The molecule has 3 aromatic rings. The quantitative estimate of drug-likeness (QED) is 0.745. The van der Waals surface area contributed by atoms with Gasteiger partial charge in [-0.2, -0.15) is 0 Å². The lowest BCUT2D eigenvalue weighted by molar-refractivity contribution is 0.687. The molecule has 0 aliphatic rings. The van der Waals surface area contributed by atoms with E-state index in [1.165, 1.54) is 4.88 Å². The van der Waals surface area contributed by atoms with E-state index in [9.17, 15) is 0 Å². The molecule has 2 N–H and O–H groups in total. The second-order valence-electron chi connectivity index (χ2n) is 4.93. The summed E-state index contributed by atoms with van der Waals surface area (Å²) in [6, 6.07) is 5.91. The Balaban J connectivity index is 2.16. The molecule has 0 fully saturated rings. The number of nitrogen functional groups attached to an aromatic ring is 1. The number of thiazole rings is 1. The van der Waals surface area contributed by atoms with Gasteiger partial charge in [0, 0.05) is 22.7 Å². The van der Waals surface area contributed by atoms with E-state index >= 15 is 0 Å². The van der Waals surface area contributed by atoms with Crippen molar-refractivity contribution in [1.82, 2.24) is 14.5 Å². The van der Waals surface area contributed by atoms with Gasteiger partial charge in [0.05, 0.1) is 23.1 Å². The second-order valence-corrected chi connectivity index (χ2v) is 5.90. The number of hydrogen-bond donors (Lipinski definition) is 1. The van der Waals surface area contributed by atoms with Gasteiger partial charge in [0.25, 0.3) is 0 Å². The van der Waals surface area contributed by atoms with Crippen LogP contribution in [0.5, 0.6) is 0 Å². The molecule has 0 atom stereocenters. The number of hydrogen-bond acceptors (Lipinski definition) is 4. The summed E-state index contributed by atoms with van der Waals surface area (Å²) in [6.07, 6.45) is 1.91. The van der Waals surface area contributed by atoms with Crippen LogP contribution >= 0.6 is 11.3 Å². The number of nitrogens with two attached hydrogens (primary N) is 1. The number of anilines is 1. The molecule has 98 valence electrons. The fourth-order valence-corrected chi connectivity index (χ4v) is 2.83. The summed E-state index contributed by atoms with van der Waals surface area (Å²) in [5.41, 5.74) is 10.6. The van der Waals surface area contributed by atoms with Crippen LogP contribution in [0.2, 0.25) is 0 Å². The zero-order valence-corrected chi connectivity index (χ0v) is 11.8. The summed E-state index contributed by atoms with van der Waals surface area (Å²) in [6.45, 7) is 5.14. The van der Waals surface area contributed by atoms with Gasteiger partial charge in [-0.1, -0.05) is 13.8 Å². The fourth-order valence-electron chi connectivity index (χ4n) is 2.25. The minimum atomic E-state index is 0.376. The molecule has 0 bridgehead atoms. The third-order valence-electron chi connectivity index (χ3n) is 3.12. The molecule has 0 unspecified atom stereocenters. The Bertz CT molecular complexity index is 698. The van der Waals surface area contributed by atoms with Gasteiger partial charge in [-0.3, -0.25) is 4.98 Å². The molecule has 5 heteroatoms. The van der Waals surface area contributed by atoms with E-state index < -0.39 is 0 Å². The van der Waals surface area contributed by atoms with Gasteiger partial charge in [0.2, 0.25) is 0 Å². The van der Waals surface area contributed by atoms with E-state index in [2.05, 4.69) is 23.4 Å². The Hall–Kier alpha value is -1.88. The molecule has 19 heavy (non-hydrogen) atoms. The van der Waals surface area contributed by atoms with E-state index in [-0.39, 0.29) is 0 Å². The Morgan fingerprint density at radius 3 is 2.89 bits per heavy atom. The zero-order valence-electron chi connectivity index (χ0n) is 11.0. The van der Waals surface area contributed by atoms with E-state index in [1.807, 2.05) is 29.9 Å². The summed E-state index contributed by atoms with van der Waals surface area (Å²) >= 11 is 1.67. The van der Waals surface area contributed by atoms with Crippen LogP contribution in [0, 0.1) is 0 Å². The number of nitrogens with zero attached hydrogens (tertiary/aromatic N) is 3. The molecule has 0 aliphatic heterocycles. The minimum Gasteiger partial charge on any atom is -0.399 e. The average molecular weight is 272 g/mol. The van der Waals surface area contributed by atoms with Crippen molar-refractivity contribution in [3.05, 3.63) is 40.6 Å². The average Bonchev–Trinajstić information content (AvgIpc) is 2.97. The third kappa shape index (κ3) is 2.21. The molecular weight excluding hydrogens is 256 g/mol. The van der Waals surface area contributed by atoms with E-state index in [0.717, 1.165) is 29.1 Å². The van der Waals surface area contributed by atoms with Crippen molar-refractivity contribution in [3.8, 4) is 0 Å². The van der Waals surface area contributed by atoms with Gasteiger partial charge in [0.15, 0.2) is 0 Å². The molecular formula is C14H16N4S. The van der Waals surface area contributed by atoms with Crippen molar-refractivity contribution in [2.45, 2.75) is 26.3 Å². The highest BCUT2D eigenvalue weighted by Crippen LogP contribution is 2.25. The first kappa shape index (κ1) is 12.2. The summed E-state index contributed by atoms with van der Waals surface area (Å²) in [4.78, 5) is 10.1. The number of benzene rings is 1. The van der Waals surface area contributed by atoms with Crippen LogP contribution < -0.4 is 5.73 Å². The van der Waals surface area contributed by atoms with Gasteiger partial charge in [-0.25, -0.2) is 4.98 Å². The highest BCUT2D eigenvalue weighted by Gasteiger charge is 2.14. The molecule has 1 aromatic carbocycles. The Kier molecular flexibility index (Phi) is 2.98. The molecule has 0 spiro atoms. The van der Waals surface area contributed by atoms with Gasteiger partial charge < -0.3 is 10.3 Å². The summed E-state index contributed by atoms with van der Waals surface area (Å²) < 4.78 is 2.26. The molecule has 0 radical (unpaired) electrons. The van der Waals surface area contributed by atoms with Crippen LogP contribution in [0.25, 0.3) is 11.0 Å². The molecule has 2 heterocycles. The molecule has 3 rings (SSSR count). The lowest BCUT2D eigenvalue weighted by atomic mass is 10.2. The molecule has 2 aromatic heterocycles. The first-order chi connectivity index (χ1) is 9.15. The number of imidazole rings is 1. The monoisotopic (exact) mass is 272 g/mol. The van der Waals surface area contributed by atoms with E-state index in [4.69, 9.17) is 10.7 Å². The van der Waals surface area contributed by atoms with Crippen LogP contribution in [-0.4, -0.2) is 14.5 Å². The molecule has 0 saturated heterocycles. The molecule has 4 nitrogen and oxygen atoms in total. The van der Waals surface area contributed by atoms with Crippen LogP contribution in [0.4, 0.5) is 5.69 Å². The highest BCUT2D eigenvalue weighted by atomic mass is 32.1. The van der Waals surface area contributed by atoms with Crippen molar-refractivity contribution < 1.29 is 0 Å². The maximum Gasteiger partial charge on any atom is 0.112 e. The van der Waals surface area contributed by atoms with Crippen LogP contribution in [0.1, 0.15) is 30.5 Å². The minimum absolute atomic E-state index is 0.376. The molecule has 0 amide bonds. The Morgan fingerprint density at radius 1 is 1.37 bits per heavy atom. The first-order valence-electron chi connectivity index (χ1n) is 6.28. The van der Waals surface area contributed by atoms with E-state index in [0.29, 0.717) is 5.92 Å². The van der Waals surface area contributed by atoms with Gasteiger partial charge in [-0.15, -0.1) is 11.3 Å². The standard InChI is InChI=1S/C14H16N4S/c1-9(2)14-17-12-5-10(15)3-4-13(12)18(14)7-11-6-16-8-19-11/h3-6,8-9H,7,15H2,1-2H3. The van der Waals surface area contributed by atoms with Crippen molar-refractivity contribution in [2.24, 2.45) is 0 Å². The van der Waals surface area contributed by atoms with Crippen molar-refractivity contribution >= 4 is 28.1 Å². The van der Waals surface area contributed by atoms with Crippen molar-refractivity contribution in [1.29, 1.82) is 0 Å².